The van der Waals surface area contributed by atoms with Gasteiger partial charge < -0.3 is 24.7 Å². The van der Waals surface area contributed by atoms with Crippen LogP contribution in [0.1, 0.15) is 23.5 Å². The van der Waals surface area contributed by atoms with Gasteiger partial charge in [-0.1, -0.05) is 0 Å². The fraction of sp³-hybridized carbons (Fsp3) is 0.733. The molecule has 0 aliphatic heterocycles. The molecule has 1 rings (SSSR count). The van der Waals surface area contributed by atoms with Gasteiger partial charge in [0.15, 0.2) is 0 Å². The highest BCUT2D eigenvalue weighted by Gasteiger charge is 2.19. The summed E-state index contributed by atoms with van der Waals surface area (Å²) in [5.74, 6) is 0. The zero-order chi connectivity index (χ0) is 15.5. The zero-order valence-corrected chi connectivity index (χ0v) is 14.0. The van der Waals surface area contributed by atoms with Crippen molar-refractivity contribution in [1.82, 2.24) is 0 Å². The van der Waals surface area contributed by atoms with Gasteiger partial charge in [-0.2, -0.15) is 0 Å². The Hall–Kier alpha value is -0.500. The first-order chi connectivity index (χ1) is 10.2. The average molecular weight is 317 g/mol. The molecule has 122 valence electrons. The second kappa shape index (κ2) is 11.1. The minimum Gasteiger partial charge on any atom is -0.382 e. The monoisotopic (exact) mass is 317 g/mol. The summed E-state index contributed by atoms with van der Waals surface area (Å²) < 4.78 is 21.5. The molecule has 5 nitrogen and oxygen atoms in total. The largest absolute Gasteiger partial charge is 0.382 e. The quantitative estimate of drug-likeness (QED) is 0.598. The minimum atomic E-state index is -0.0634. The number of aryl methyl sites for hydroxylation is 1. The molecule has 0 aromatic carbocycles. The highest BCUT2D eigenvalue weighted by Crippen LogP contribution is 2.28. The van der Waals surface area contributed by atoms with Gasteiger partial charge in [-0.05, 0) is 30.9 Å². The maximum absolute atomic E-state index is 6.01. The van der Waals surface area contributed by atoms with Gasteiger partial charge >= 0.3 is 0 Å². The number of methoxy groups -OCH3 is 1. The Morgan fingerprint density at radius 3 is 2.24 bits per heavy atom. The van der Waals surface area contributed by atoms with Gasteiger partial charge in [0, 0.05) is 18.0 Å². The Labute approximate surface area is 131 Å². The molecule has 6 heteroatoms. The molecule has 2 N–H and O–H groups in total. The Kier molecular flexibility index (Phi) is 9.82. The van der Waals surface area contributed by atoms with Crippen LogP contribution in [-0.2, 0) is 18.9 Å². The first-order valence-electron chi connectivity index (χ1n) is 7.22. The Morgan fingerprint density at radius 1 is 1.10 bits per heavy atom. The maximum Gasteiger partial charge on any atom is 0.107 e. The first kappa shape index (κ1) is 18.5. The smallest absolute Gasteiger partial charge is 0.107 e. The van der Waals surface area contributed by atoms with Crippen LogP contribution in [0.3, 0.4) is 0 Å². The zero-order valence-electron chi connectivity index (χ0n) is 13.2. The van der Waals surface area contributed by atoms with Crippen molar-refractivity contribution in [2.45, 2.75) is 26.0 Å². The average Bonchev–Trinajstić information content (AvgIpc) is 2.87. The van der Waals surface area contributed by atoms with Crippen LogP contribution in [0.2, 0.25) is 0 Å². The van der Waals surface area contributed by atoms with Crippen molar-refractivity contribution < 1.29 is 18.9 Å². The van der Waals surface area contributed by atoms with Gasteiger partial charge in [-0.25, -0.2) is 0 Å². The number of hydrogen-bond donors (Lipinski definition) is 1. The molecule has 1 aromatic heterocycles. The van der Waals surface area contributed by atoms with Crippen LogP contribution in [0.5, 0.6) is 0 Å². The van der Waals surface area contributed by atoms with Gasteiger partial charge in [0.05, 0.1) is 39.6 Å². The molecule has 1 aromatic rings. The standard InChI is InChI=1S/C15H27NO4S/c1-12-4-11-21-15(12)14(13(2)16)20-10-9-19-8-7-18-6-5-17-3/h4,11,13-14H,5-10,16H2,1-3H3. The van der Waals surface area contributed by atoms with Crippen LogP contribution in [0.4, 0.5) is 0 Å². The summed E-state index contributed by atoms with van der Waals surface area (Å²) in [6.45, 7) is 7.47. The predicted octanol–water partition coefficient (Wildman–Crippen LogP) is 2.14. The highest BCUT2D eigenvalue weighted by atomic mass is 32.1. The van der Waals surface area contributed by atoms with Gasteiger partial charge in [-0.3, -0.25) is 0 Å². The minimum absolute atomic E-state index is 0.0419. The summed E-state index contributed by atoms with van der Waals surface area (Å²) in [7, 11) is 1.65. The van der Waals surface area contributed by atoms with Crippen LogP contribution in [0.25, 0.3) is 0 Å². The molecule has 0 amide bonds. The lowest BCUT2D eigenvalue weighted by atomic mass is 10.1. The van der Waals surface area contributed by atoms with E-state index in [1.807, 2.05) is 6.92 Å². The topological polar surface area (TPSA) is 62.9 Å². The molecule has 0 aliphatic rings. The van der Waals surface area contributed by atoms with Crippen LogP contribution in [0.15, 0.2) is 11.4 Å². The lowest BCUT2D eigenvalue weighted by Gasteiger charge is -2.21. The second-order valence-electron chi connectivity index (χ2n) is 4.84. The third-order valence-electron chi connectivity index (χ3n) is 2.97. The lowest BCUT2D eigenvalue weighted by molar-refractivity contribution is -0.0213. The van der Waals surface area contributed by atoms with Crippen LogP contribution >= 0.6 is 11.3 Å². The number of nitrogens with two attached hydrogens (primary N) is 1. The Bertz CT molecular complexity index is 370. The number of ether oxygens (including phenoxy) is 4. The van der Waals surface area contributed by atoms with E-state index in [2.05, 4.69) is 18.4 Å². The summed E-state index contributed by atoms with van der Waals surface area (Å²) in [5.41, 5.74) is 7.25. The highest BCUT2D eigenvalue weighted by molar-refractivity contribution is 7.10. The Balaban J connectivity index is 2.14. The Morgan fingerprint density at radius 2 is 1.71 bits per heavy atom. The number of thiophene rings is 1. The summed E-state index contributed by atoms with van der Waals surface area (Å²) in [4.78, 5) is 1.20. The molecule has 0 bridgehead atoms. The summed E-state index contributed by atoms with van der Waals surface area (Å²) in [5, 5.41) is 2.07. The molecule has 2 atom stereocenters. The third-order valence-corrected chi connectivity index (χ3v) is 4.05. The molecule has 0 saturated carbocycles. The van der Waals surface area contributed by atoms with E-state index in [1.165, 1.54) is 10.4 Å². The molecule has 0 saturated heterocycles. The van der Waals surface area contributed by atoms with Gasteiger partial charge in [-0.15, -0.1) is 11.3 Å². The van der Waals surface area contributed by atoms with E-state index in [0.717, 1.165) is 0 Å². The van der Waals surface area contributed by atoms with E-state index >= 15 is 0 Å². The third kappa shape index (κ3) is 7.35. The van der Waals surface area contributed by atoms with Crippen molar-refractivity contribution in [3.63, 3.8) is 0 Å². The SMILES string of the molecule is COCCOCCOCCOC(c1sccc1C)C(C)N. The fourth-order valence-corrected chi connectivity index (χ4v) is 2.93. The predicted molar refractivity (Wildman–Crippen MR) is 84.9 cm³/mol. The molecule has 2 unspecified atom stereocenters. The molecule has 21 heavy (non-hydrogen) atoms. The van der Waals surface area contributed by atoms with Crippen LogP contribution in [0, 0.1) is 6.92 Å². The molecule has 0 spiro atoms. The van der Waals surface area contributed by atoms with E-state index in [9.17, 15) is 0 Å². The van der Waals surface area contributed by atoms with Crippen molar-refractivity contribution >= 4 is 11.3 Å². The van der Waals surface area contributed by atoms with Crippen LogP contribution < -0.4 is 5.73 Å². The molecule has 1 heterocycles. The van der Waals surface area contributed by atoms with Gasteiger partial charge in [0.1, 0.15) is 6.10 Å². The molecular formula is C15H27NO4S. The van der Waals surface area contributed by atoms with Crippen LogP contribution in [-0.4, -0.2) is 52.8 Å². The second-order valence-corrected chi connectivity index (χ2v) is 5.78. The molecular weight excluding hydrogens is 290 g/mol. The van der Waals surface area contributed by atoms with E-state index < -0.39 is 0 Å². The summed E-state index contributed by atoms with van der Waals surface area (Å²) in [6.07, 6.45) is -0.0634. The van der Waals surface area contributed by atoms with E-state index in [1.54, 1.807) is 18.4 Å². The molecule has 0 fully saturated rings. The van der Waals surface area contributed by atoms with Crippen molar-refractivity contribution in [2.24, 2.45) is 5.73 Å². The van der Waals surface area contributed by atoms with Crippen molar-refractivity contribution in [3.05, 3.63) is 21.9 Å². The van der Waals surface area contributed by atoms with Gasteiger partial charge in [0.2, 0.25) is 0 Å². The number of rotatable bonds is 12. The summed E-state index contributed by atoms with van der Waals surface area (Å²) >= 11 is 1.69. The maximum atomic E-state index is 6.01. The number of hydrogen-bond acceptors (Lipinski definition) is 6. The van der Waals surface area contributed by atoms with E-state index in [-0.39, 0.29) is 12.1 Å². The lowest BCUT2D eigenvalue weighted by Crippen LogP contribution is -2.28. The normalized spacial score (nSPS) is 14.3. The fourth-order valence-electron chi connectivity index (χ4n) is 1.84. The van der Waals surface area contributed by atoms with E-state index in [0.29, 0.717) is 39.6 Å². The first-order valence-corrected chi connectivity index (χ1v) is 8.10. The van der Waals surface area contributed by atoms with Crippen molar-refractivity contribution in [1.29, 1.82) is 0 Å². The molecule has 0 aliphatic carbocycles. The van der Waals surface area contributed by atoms with E-state index in [4.69, 9.17) is 24.7 Å². The van der Waals surface area contributed by atoms with Gasteiger partial charge in [0.25, 0.3) is 0 Å². The van der Waals surface area contributed by atoms with Crippen molar-refractivity contribution in [2.75, 3.05) is 46.8 Å². The molecule has 0 radical (unpaired) electrons. The van der Waals surface area contributed by atoms with Crippen molar-refractivity contribution in [3.8, 4) is 0 Å². The summed E-state index contributed by atoms with van der Waals surface area (Å²) in [6, 6.07) is 2.05.